The van der Waals surface area contributed by atoms with Gasteiger partial charge >= 0.3 is 0 Å². The van der Waals surface area contributed by atoms with Crippen LogP contribution in [0.3, 0.4) is 0 Å². The number of carbonyl (C=O) groups is 2. The zero-order valence-corrected chi connectivity index (χ0v) is 16.0. The van der Waals surface area contributed by atoms with Crippen LogP contribution in [-0.4, -0.2) is 25.5 Å². The number of hydrogen-bond acceptors (Lipinski definition) is 6. The van der Waals surface area contributed by atoms with Crippen molar-refractivity contribution in [2.75, 3.05) is 18.7 Å². The quantitative estimate of drug-likeness (QED) is 0.807. The number of Topliss-reactive ketones (excluding diaryl/α,β-unsaturated/α-hetero) is 1. The Hall–Kier alpha value is -2.63. The molecule has 0 bridgehead atoms. The first-order chi connectivity index (χ1) is 12.3. The van der Waals surface area contributed by atoms with E-state index in [0.29, 0.717) is 11.3 Å². The van der Waals surface area contributed by atoms with Gasteiger partial charge in [0.2, 0.25) is 11.8 Å². The molecule has 2 aliphatic heterocycles. The van der Waals surface area contributed by atoms with Gasteiger partial charge in [0.1, 0.15) is 29.5 Å². The lowest BCUT2D eigenvalue weighted by atomic mass is 9.67. The molecular formula is C18H16BrN3O4. The van der Waals surface area contributed by atoms with Gasteiger partial charge in [0, 0.05) is 17.1 Å². The van der Waals surface area contributed by atoms with Crippen LogP contribution in [-0.2, 0) is 24.5 Å². The van der Waals surface area contributed by atoms with E-state index in [2.05, 4.69) is 15.9 Å². The molecule has 1 atom stereocenters. The second-order valence-electron chi connectivity index (χ2n) is 6.00. The molecule has 0 saturated carbocycles. The zero-order valence-electron chi connectivity index (χ0n) is 14.4. The van der Waals surface area contributed by atoms with Gasteiger partial charge in [0.05, 0.1) is 11.3 Å². The minimum absolute atomic E-state index is 0.0340. The molecule has 1 spiro atoms. The minimum atomic E-state index is -1.64. The third-order valence-electron chi connectivity index (χ3n) is 4.55. The number of carbonyl (C=O) groups excluding carboxylic acids is 2. The molecule has 0 radical (unpaired) electrons. The Morgan fingerprint density at radius 2 is 2.19 bits per heavy atom. The molecule has 8 heteroatoms. The lowest BCUT2D eigenvalue weighted by Gasteiger charge is -2.34. The molecule has 7 nitrogen and oxygen atoms in total. The number of halogens is 1. The maximum atomic E-state index is 13.6. The van der Waals surface area contributed by atoms with Gasteiger partial charge in [-0.25, -0.2) is 0 Å². The average Bonchev–Trinajstić information content (AvgIpc) is 2.78. The Labute approximate surface area is 158 Å². The second kappa shape index (κ2) is 6.27. The van der Waals surface area contributed by atoms with Crippen LogP contribution in [0.2, 0.25) is 0 Å². The molecule has 2 heterocycles. The van der Waals surface area contributed by atoms with Gasteiger partial charge in [0.25, 0.3) is 0 Å². The standard InChI is InChI=1S/C18H16BrN3O4/c1-9(23)15-10(2)26-16(21)13(7-20)18(15)12-5-4-11(19)6-14(12)22(8-25-3)17(18)24/h4-6H,8,21H2,1-3H3/t18-/m1/s1. The Morgan fingerprint density at radius 1 is 1.50 bits per heavy atom. The summed E-state index contributed by atoms with van der Waals surface area (Å²) in [7, 11) is 1.46. The fraction of sp³-hybridized carbons (Fsp3) is 0.278. The highest BCUT2D eigenvalue weighted by atomic mass is 79.9. The average molecular weight is 418 g/mol. The van der Waals surface area contributed by atoms with E-state index in [1.807, 2.05) is 6.07 Å². The van der Waals surface area contributed by atoms with E-state index < -0.39 is 11.3 Å². The van der Waals surface area contributed by atoms with E-state index in [9.17, 15) is 14.9 Å². The molecule has 0 unspecified atom stereocenters. The molecular weight excluding hydrogens is 402 g/mol. The maximum absolute atomic E-state index is 13.6. The predicted octanol–water partition coefficient (Wildman–Crippen LogP) is 2.22. The predicted molar refractivity (Wildman–Crippen MR) is 96.5 cm³/mol. The van der Waals surface area contributed by atoms with Crippen LogP contribution in [0.15, 0.2) is 45.5 Å². The minimum Gasteiger partial charge on any atom is -0.445 e. The maximum Gasteiger partial charge on any atom is 0.249 e. The summed E-state index contributed by atoms with van der Waals surface area (Å²) in [6.07, 6.45) is 0. The van der Waals surface area contributed by atoms with E-state index in [-0.39, 0.29) is 35.3 Å². The lowest BCUT2D eigenvalue weighted by Crippen LogP contribution is -2.48. The van der Waals surface area contributed by atoms with Crippen LogP contribution < -0.4 is 10.6 Å². The summed E-state index contributed by atoms with van der Waals surface area (Å²) in [6.45, 7) is 2.86. The van der Waals surface area contributed by atoms with Crippen LogP contribution in [0.1, 0.15) is 19.4 Å². The number of nitrogens with zero attached hydrogens (tertiary/aromatic N) is 2. The highest BCUT2D eigenvalue weighted by Gasteiger charge is 2.61. The molecule has 2 aliphatic rings. The Balaban J connectivity index is 2.47. The second-order valence-corrected chi connectivity index (χ2v) is 6.92. The molecule has 0 fully saturated rings. The van der Waals surface area contributed by atoms with E-state index in [4.69, 9.17) is 15.2 Å². The number of anilines is 1. The number of amides is 1. The molecule has 1 amide bonds. The van der Waals surface area contributed by atoms with Gasteiger partial charge in [-0.1, -0.05) is 22.0 Å². The topological polar surface area (TPSA) is 106 Å². The highest BCUT2D eigenvalue weighted by molar-refractivity contribution is 9.10. The molecule has 0 saturated heterocycles. The Kier molecular flexibility index (Phi) is 4.38. The van der Waals surface area contributed by atoms with Crippen LogP contribution in [0, 0.1) is 11.3 Å². The molecule has 3 rings (SSSR count). The molecule has 1 aromatic rings. The highest BCUT2D eigenvalue weighted by Crippen LogP contribution is 2.54. The van der Waals surface area contributed by atoms with Crippen LogP contribution >= 0.6 is 15.9 Å². The van der Waals surface area contributed by atoms with Gasteiger partial charge in [0.15, 0.2) is 5.78 Å². The molecule has 0 aromatic heterocycles. The van der Waals surface area contributed by atoms with Crippen LogP contribution in [0.4, 0.5) is 5.69 Å². The van der Waals surface area contributed by atoms with Crippen molar-refractivity contribution in [2.24, 2.45) is 5.73 Å². The summed E-state index contributed by atoms with van der Waals surface area (Å²) in [5, 5.41) is 9.77. The smallest absolute Gasteiger partial charge is 0.249 e. The van der Waals surface area contributed by atoms with Crippen molar-refractivity contribution >= 4 is 33.3 Å². The SMILES string of the molecule is COCN1C(=O)[C@@]2(C(C#N)=C(N)OC(C)=C2C(C)=O)c2ccc(Br)cc21. The molecule has 2 N–H and O–H groups in total. The number of rotatable bonds is 3. The first-order valence-corrected chi connectivity index (χ1v) is 8.51. The van der Waals surface area contributed by atoms with Crippen molar-refractivity contribution in [1.29, 1.82) is 5.26 Å². The van der Waals surface area contributed by atoms with Crippen molar-refractivity contribution in [2.45, 2.75) is 19.3 Å². The molecule has 0 aliphatic carbocycles. The van der Waals surface area contributed by atoms with Crippen molar-refractivity contribution in [1.82, 2.24) is 0 Å². The van der Waals surface area contributed by atoms with Crippen LogP contribution in [0.5, 0.6) is 0 Å². The van der Waals surface area contributed by atoms with E-state index in [1.165, 1.54) is 18.9 Å². The summed E-state index contributed by atoms with van der Waals surface area (Å²) in [5.41, 5.74) is 5.35. The number of allylic oxidation sites excluding steroid dienone is 1. The van der Waals surface area contributed by atoms with Crippen molar-refractivity contribution in [3.8, 4) is 6.07 Å². The Bertz CT molecular complexity index is 944. The first kappa shape index (κ1) is 18.2. The molecule has 134 valence electrons. The lowest BCUT2D eigenvalue weighted by molar-refractivity contribution is -0.124. The van der Waals surface area contributed by atoms with E-state index in [0.717, 1.165) is 4.47 Å². The van der Waals surface area contributed by atoms with E-state index >= 15 is 0 Å². The summed E-state index contributed by atoms with van der Waals surface area (Å²) in [6, 6.07) is 7.18. The fourth-order valence-corrected chi connectivity index (χ4v) is 4.05. The third kappa shape index (κ3) is 2.21. The first-order valence-electron chi connectivity index (χ1n) is 7.72. The number of nitrogens with two attached hydrogens (primary N) is 1. The van der Waals surface area contributed by atoms with Gasteiger partial charge < -0.3 is 15.2 Å². The summed E-state index contributed by atoms with van der Waals surface area (Å²) in [5.74, 6) is -0.823. The Morgan fingerprint density at radius 3 is 2.77 bits per heavy atom. The molecule has 1 aromatic carbocycles. The number of fused-ring (bicyclic) bond motifs is 2. The van der Waals surface area contributed by atoms with Crippen LogP contribution in [0.25, 0.3) is 0 Å². The zero-order chi connectivity index (χ0) is 19.2. The van der Waals surface area contributed by atoms with Crippen molar-refractivity contribution < 1.29 is 19.1 Å². The largest absolute Gasteiger partial charge is 0.445 e. The van der Waals surface area contributed by atoms with Gasteiger partial charge in [-0.3, -0.25) is 14.5 Å². The number of ketones is 1. The number of benzene rings is 1. The number of nitriles is 1. The summed E-state index contributed by atoms with van der Waals surface area (Å²) in [4.78, 5) is 27.5. The summed E-state index contributed by atoms with van der Waals surface area (Å²) < 4.78 is 11.3. The van der Waals surface area contributed by atoms with Gasteiger partial charge in [-0.05, 0) is 26.0 Å². The number of ether oxygens (including phenoxy) is 2. The fourth-order valence-electron chi connectivity index (χ4n) is 3.70. The third-order valence-corrected chi connectivity index (χ3v) is 5.05. The number of methoxy groups -OCH3 is 1. The normalized spacial score (nSPS) is 21.8. The van der Waals surface area contributed by atoms with Gasteiger partial charge in [-0.2, -0.15) is 5.26 Å². The monoisotopic (exact) mass is 417 g/mol. The summed E-state index contributed by atoms with van der Waals surface area (Å²) >= 11 is 3.39. The van der Waals surface area contributed by atoms with Crippen molar-refractivity contribution in [3.05, 3.63) is 51.0 Å². The van der Waals surface area contributed by atoms with Crippen molar-refractivity contribution in [3.63, 3.8) is 0 Å². The number of hydrogen-bond donors (Lipinski definition) is 1. The molecule has 26 heavy (non-hydrogen) atoms. The van der Waals surface area contributed by atoms with Gasteiger partial charge in [-0.15, -0.1) is 0 Å². The van der Waals surface area contributed by atoms with E-state index in [1.54, 1.807) is 25.1 Å².